The predicted molar refractivity (Wildman–Crippen MR) is 57.2 cm³/mol. The summed E-state index contributed by atoms with van der Waals surface area (Å²) >= 11 is 0. The highest BCUT2D eigenvalue weighted by molar-refractivity contribution is 5.37. The van der Waals surface area contributed by atoms with E-state index in [1.165, 1.54) is 0 Å². The first-order chi connectivity index (χ1) is 7.25. The molecule has 0 aliphatic carbocycles. The largest absolute Gasteiger partial charge is 0.508 e. The Labute approximate surface area is 88.0 Å². The topological polar surface area (TPSA) is 42.4 Å². The summed E-state index contributed by atoms with van der Waals surface area (Å²) in [6, 6.07) is 8.42. The molecule has 0 amide bonds. The van der Waals surface area contributed by atoms with Crippen LogP contribution in [0.25, 0.3) is 0 Å². The zero-order valence-electron chi connectivity index (χ0n) is 8.34. The number of ether oxygens (including phenoxy) is 1. The quantitative estimate of drug-likeness (QED) is 0.812. The maximum Gasteiger partial charge on any atom is 0.133 e. The minimum Gasteiger partial charge on any atom is -0.508 e. The maximum absolute atomic E-state index is 9.11. The summed E-state index contributed by atoms with van der Waals surface area (Å²) in [5, 5.41) is 9.11. The van der Waals surface area contributed by atoms with Crippen LogP contribution in [0.15, 0.2) is 42.7 Å². The molecule has 2 aromatic rings. The molecule has 15 heavy (non-hydrogen) atoms. The molecule has 0 unspecified atom stereocenters. The maximum atomic E-state index is 9.11. The minimum atomic E-state index is 0.230. The van der Waals surface area contributed by atoms with Crippen molar-refractivity contribution in [3.63, 3.8) is 0 Å². The summed E-state index contributed by atoms with van der Waals surface area (Å²) in [4.78, 5) is 3.98. The second-order valence-electron chi connectivity index (χ2n) is 3.24. The smallest absolute Gasteiger partial charge is 0.133 e. The van der Waals surface area contributed by atoms with Crippen LogP contribution < -0.4 is 4.74 Å². The first-order valence-corrected chi connectivity index (χ1v) is 4.63. The molecule has 0 aliphatic heterocycles. The molecule has 1 heterocycles. The van der Waals surface area contributed by atoms with Gasteiger partial charge in [-0.25, -0.2) is 0 Å². The summed E-state index contributed by atoms with van der Waals surface area (Å²) < 4.78 is 5.61. The highest BCUT2D eigenvalue weighted by Gasteiger charge is 2.00. The Morgan fingerprint density at radius 3 is 2.53 bits per heavy atom. The zero-order chi connectivity index (χ0) is 10.7. The normalized spacial score (nSPS) is 9.93. The minimum absolute atomic E-state index is 0.230. The molecule has 0 aliphatic rings. The van der Waals surface area contributed by atoms with Crippen LogP contribution in [0.1, 0.15) is 5.56 Å². The summed E-state index contributed by atoms with van der Waals surface area (Å²) in [5.74, 6) is 1.70. The molecule has 1 N–H and O–H groups in total. The average molecular weight is 201 g/mol. The molecule has 0 fully saturated rings. The van der Waals surface area contributed by atoms with Crippen molar-refractivity contribution < 1.29 is 9.84 Å². The van der Waals surface area contributed by atoms with Gasteiger partial charge in [0.15, 0.2) is 0 Å². The molecule has 2 rings (SSSR count). The molecule has 0 saturated heterocycles. The molecule has 0 spiro atoms. The SMILES string of the molecule is Cc1cnccc1Oc1ccc(O)cc1. The number of phenolic OH excluding ortho intramolecular Hbond substituents is 1. The lowest BCUT2D eigenvalue weighted by Crippen LogP contribution is -1.87. The van der Waals surface area contributed by atoms with E-state index in [-0.39, 0.29) is 5.75 Å². The zero-order valence-corrected chi connectivity index (χ0v) is 8.34. The highest BCUT2D eigenvalue weighted by atomic mass is 16.5. The average Bonchev–Trinajstić information content (AvgIpc) is 2.25. The third kappa shape index (κ3) is 2.26. The van der Waals surface area contributed by atoms with Gasteiger partial charge in [-0.2, -0.15) is 0 Å². The molecule has 1 aromatic heterocycles. The van der Waals surface area contributed by atoms with Crippen LogP contribution in [0.2, 0.25) is 0 Å². The van der Waals surface area contributed by atoms with Crippen molar-refractivity contribution in [1.29, 1.82) is 0 Å². The second kappa shape index (κ2) is 4.00. The Morgan fingerprint density at radius 2 is 1.87 bits per heavy atom. The Hall–Kier alpha value is -2.03. The van der Waals surface area contributed by atoms with Crippen molar-refractivity contribution in [2.24, 2.45) is 0 Å². The van der Waals surface area contributed by atoms with Crippen LogP contribution in [0.3, 0.4) is 0 Å². The molecule has 3 heteroatoms. The van der Waals surface area contributed by atoms with E-state index in [1.807, 2.05) is 13.0 Å². The van der Waals surface area contributed by atoms with Gasteiger partial charge in [-0.05, 0) is 37.3 Å². The van der Waals surface area contributed by atoms with Gasteiger partial charge in [0.05, 0.1) is 0 Å². The van der Waals surface area contributed by atoms with E-state index in [4.69, 9.17) is 9.84 Å². The number of phenols is 1. The number of nitrogens with zero attached hydrogens (tertiary/aromatic N) is 1. The van der Waals surface area contributed by atoms with Crippen LogP contribution in [0.5, 0.6) is 17.2 Å². The van der Waals surface area contributed by atoms with Crippen molar-refractivity contribution in [3.8, 4) is 17.2 Å². The van der Waals surface area contributed by atoms with Crippen LogP contribution >= 0.6 is 0 Å². The van der Waals surface area contributed by atoms with E-state index >= 15 is 0 Å². The summed E-state index contributed by atoms with van der Waals surface area (Å²) in [7, 11) is 0. The Bertz CT molecular complexity index is 451. The molecule has 1 aromatic carbocycles. The van der Waals surface area contributed by atoms with Crippen molar-refractivity contribution >= 4 is 0 Å². The number of benzene rings is 1. The van der Waals surface area contributed by atoms with Gasteiger partial charge in [0, 0.05) is 18.0 Å². The van der Waals surface area contributed by atoms with Crippen LogP contribution in [-0.2, 0) is 0 Å². The third-order valence-electron chi connectivity index (χ3n) is 2.03. The van der Waals surface area contributed by atoms with Gasteiger partial charge in [0.25, 0.3) is 0 Å². The summed E-state index contributed by atoms with van der Waals surface area (Å²) in [6.07, 6.45) is 3.43. The number of hydrogen-bond donors (Lipinski definition) is 1. The van der Waals surface area contributed by atoms with Gasteiger partial charge < -0.3 is 9.84 Å². The van der Waals surface area contributed by atoms with E-state index < -0.39 is 0 Å². The van der Waals surface area contributed by atoms with E-state index in [1.54, 1.807) is 36.7 Å². The molecule has 0 radical (unpaired) electrons. The first kappa shape index (κ1) is 9.52. The Balaban J connectivity index is 2.22. The number of aromatic hydroxyl groups is 1. The first-order valence-electron chi connectivity index (χ1n) is 4.63. The lowest BCUT2D eigenvalue weighted by molar-refractivity contribution is 0.462. The number of hydrogen-bond acceptors (Lipinski definition) is 3. The van der Waals surface area contributed by atoms with Crippen molar-refractivity contribution in [1.82, 2.24) is 4.98 Å². The molecule has 0 bridgehead atoms. The molecular formula is C12H11NO2. The summed E-state index contributed by atoms with van der Waals surface area (Å²) in [5.41, 5.74) is 0.977. The van der Waals surface area contributed by atoms with Gasteiger partial charge in [0.1, 0.15) is 17.2 Å². The van der Waals surface area contributed by atoms with Crippen molar-refractivity contribution in [2.75, 3.05) is 0 Å². The van der Waals surface area contributed by atoms with Crippen molar-refractivity contribution in [2.45, 2.75) is 6.92 Å². The molecule has 3 nitrogen and oxygen atoms in total. The number of aromatic nitrogens is 1. The fourth-order valence-corrected chi connectivity index (χ4v) is 1.22. The van der Waals surface area contributed by atoms with Gasteiger partial charge in [-0.1, -0.05) is 0 Å². The fraction of sp³-hybridized carbons (Fsp3) is 0.0833. The monoisotopic (exact) mass is 201 g/mol. The van der Waals surface area contributed by atoms with E-state index in [9.17, 15) is 0 Å². The number of pyridine rings is 1. The Kier molecular flexibility index (Phi) is 2.54. The van der Waals surface area contributed by atoms with E-state index in [0.29, 0.717) is 5.75 Å². The van der Waals surface area contributed by atoms with E-state index in [0.717, 1.165) is 11.3 Å². The van der Waals surface area contributed by atoms with Crippen LogP contribution in [0, 0.1) is 6.92 Å². The van der Waals surface area contributed by atoms with Gasteiger partial charge in [-0.3, -0.25) is 4.98 Å². The van der Waals surface area contributed by atoms with E-state index in [2.05, 4.69) is 4.98 Å². The lowest BCUT2D eigenvalue weighted by Gasteiger charge is -2.07. The fourth-order valence-electron chi connectivity index (χ4n) is 1.22. The Morgan fingerprint density at radius 1 is 1.13 bits per heavy atom. The number of rotatable bonds is 2. The summed E-state index contributed by atoms with van der Waals surface area (Å²) in [6.45, 7) is 1.93. The predicted octanol–water partition coefficient (Wildman–Crippen LogP) is 2.89. The second-order valence-corrected chi connectivity index (χ2v) is 3.24. The van der Waals surface area contributed by atoms with Crippen molar-refractivity contribution in [3.05, 3.63) is 48.3 Å². The molecular weight excluding hydrogens is 190 g/mol. The van der Waals surface area contributed by atoms with Crippen LogP contribution in [0.4, 0.5) is 0 Å². The van der Waals surface area contributed by atoms with Crippen LogP contribution in [-0.4, -0.2) is 10.1 Å². The highest BCUT2D eigenvalue weighted by Crippen LogP contribution is 2.25. The molecule has 0 saturated carbocycles. The lowest BCUT2D eigenvalue weighted by atomic mass is 10.3. The standard InChI is InChI=1S/C12H11NO2/c1-9-8-13-7-6-12(9)15-11-4-2-10(14)3-5-11/h2-8,14H,1H3. The molecule has 76 valence electrons. The van der Waals surface area contributed by atoms with Gasteiger partial charge >= 0.3 is 0 Å². The third-order valence-corrected chi connectivity index (χ3v) is 2.03. The van der Waals surface area contributed by atoms with Gasteiger partial charge in [-0.15, -0.1) is 0 Å². The molecule has 0 atom stereocenters. The van der Waals surface area contributed by atoms with Gasteiger partial charge in [0.2, 0.25) is 0 Å². The number of aryl methyl sites for hydroxylation is 1.